The molecule has 0 bridgehead atoms. The number of aryl methyl sites for hydroxylation is 2. The second-order valence-corrected chi connectivity index (χ2v) is 15.7. The third-order valence-electron chi connectivity index (χ3n) is 9.98. The zero-order chi connectivity index (χ0) is 36.8. The molecule has 0 spiro atoms. The number of amides is 4. The smallest absolute Gasteiger partial charge is 0.282 e. The molecule has 7 aromatic rings. The molecule has 7 aromatic carbocycles. The molecule has 0 aromatic heterocycles. The molecule has 4 amide bonds. The van der Waals surface area contributed by atoms with Crippen molar-refractivity contribution in [3.63, 3.8) is 0 Å². The Balaban J connectivity index is 1.27. The van der Waals surface area contributed by atoms with E-state index in [1.807, 2.05) is 0 Å². The largest absolute Gasteiger partial charge is 0.296 e. The lowest BCUT2D eigenvalue weighted by molar-refractivity contribution is 0.0877. The average molecular weight is 731 g/mol. The molecule has 0 fully saturated rings. The molecule has 0 saturated carbocycles. The standard InChI is InChI=1S/C38H22N2O10S2/c1-17-3-14-28(30(15-17)52(48,49)50)40-37(43)26-12-8-22-20-6-10-24-33-25(11-7-21(31(20)33)23-9-13-27(38(40)44)34(26)32(22)23)36(42)39(35(24)41)19-5-4-18(2)29(16-19)51(45,46)47/h3-16H,1-2H3,(H,45,46,47)(H,48,49,50). The number of nitrogens with zero attached hydrogens (tertiary/aromatic N) is 2. The summed E-state index contributed by atoms with van der Waals surface area (Å²) in [7, 11) is -9.47. The van der Waals surface area contributed by atoms with Gasteiger partial charge in [-0.05, 0) is 106 Å². The van der Waals surface area contributed by atoms with Crippen molar-refractivity contribution in [1.82, 2.24) is 0 Å². The molecule has 52 heavy (non-hydrogen) atoms. The molecule has 14 heteroatoms. The molecule has 2 heterocycles. The molecule has 2 aliphatic rings. The highest BCUT2D eigenvalue weighted by atomic mass is 32.2. The summed E-state index contributed by atoms with van der Waals surface area (Å²) in [6.07, 6.45) is 0. The quantitative estimate of drug-likeness (QED) is 0.0883. The zero-order valence-electron chi connectivity index (χ0n) is 27.0. The average Bonchev–Trinajstić information content (AvgIpc) is 3.09. The second-order valence-electron chi connectivity index (χ2n) is 12.9. The van der Waals surface area contributed by atoms with Crippen LogP contribution in [-0.2, 0) is 20.2 Å². The van der Waals surface area contributed by atoms with E-state index in [0.29, 0.717) is 48.7 Å². The van der Waals surface area contributed by atoms with Gasteiger partial charge in [0.2, 0.25) is 0 Å². The van der Waals surface area contributed by atoms with E-state index in [2.05, 4.69) is 0 Å². The Kier molecular flexibility index (Phi) is 6.29. The Morgan fingerprint density at radius 1 is 0.462 bits per heavy atom. The highest BCUT2D eigenvalue weighted by molar-refractivity contribution is 7.86. The molecule has 0 saturated heterocycles. The van der Waals surface area contributed by atoms with E-state index in [0.717, 1.165) is 15.9 Å². The van der Waals surface area contributed by atoms with Crippen molar-refractivity contribution >= 4 is 98.3 Å². The highest BCUT2D eigenvalue weighted by Gasteiger charge is 2.39. The summed E-state index contributed by atoms with van der Waals surface area (Å²) in [6, 6.07) is 21.0. The minimum absolute atomic E-state index is 0.0328. The van der Waals surface area contributed by atoms with Gasteiger partial charge in [-0.1, -0.05) is 36.4 Å². The van der Waals surface area contributed by atoms with Crippen LogP contribution < -0.4 is 9.80 Å². The van der Waals surface area contributed by atoms with Crippen LogP contribution in [0.5, 0.6) is 0 Å². The maximum absolute atomic E-state index is 14.1. The molecule has 0 radical (unpaired) electrons. The normalized spacial score (nSPS) is 14.9. The Hall–Kier alpha value is -6.06. The van der Waals surface area contributed by atoms with Gasteiger partial charge in [0.25, 0.3) is 43.9 Å². The van der Waals surface area contributed by atoms with Gasteiger partial charge in [-0.15, -0.1) is 0 Å². The lowest BCUT2D eigenvalue weighted by Crippen LogP contribution is -2.41. The van der Waals surface area contributed by atoms with Gasteiger partial charge in [0.1, 0.15) is 4.90 Å². The zero-order valence-corrected chi connectivity index (χ0v) is 28.6. The Bertz CT molecular complexity index is 3010. The third kappa shape index (κ3) is 4.14. The van der Waals surface area contributed by atoms with Crippen molar-refractivity contribution in [2.24, 2.45) is 0 Å². The monoisotopic (exact) mass is 730 g/mol. The number of anilines is 2. The van der Waals surface area contributed by atoms with Crippen molar-refractivity contribution in [2.45, 2.75) is 23.6 Å². The Morgan fingerprint density at radius 3 is 1.31 bits per heavy atom. The lowest BCUT2D eigenvalue weighted by atomic mass is 9.82. The van der Waals surface area contributed by atoms with Crippen LogP contribution >= 0.6 is 0 Å². The minimum atomic E-state index is -4.82. The summed E-state index contributed by atoms with van der Waals surface area (Å²) in [5.74, 6) is -2.95. The van der Waals surface area contributed by atoms with E-state index in [1.54, 1.807) is 43.3 Å². The van der Waals surface area contributed by atoms with Crippen LogP contribution in [0.1, 0.15) is 52.6 Å². The van der Waals surface area contributed by atoms with Crippen molar-refractivity contribution in [2.75, 3.05) is 9.80 Å². The fraction of sp³-hybridized carbons (Fsp3) is 0.0526. The fourth-order valence-corrected chi connectivity index (χ4v) is 9.24. The number of hydrogen-bond acceptors (Lipinski definition) is 8. The van der Waals surface area contributed by atoms with Crippen LogP contribution in [0.15, 0.2) is 94.7 Å². The number of fused-ring (bicyclic) bond motifs is 2. The van der Waals surface area contributed by atoms with Gasteiger partial charge >= 0.3 is 0 Å². The molecule has 2 aliphatic heterocycles. The van der Waals surface area contributed by atoms with Gasteiger partial charge in [-0.2, -0.15) is 16.8 Å². The first-order valence-electron chi connectivity index (χ1n) is 15.7. The number of carbonyl (C=O) groups is 4. The van der Waals surface area contributed by atoms with Gasteiger partial charge < -0.3 is 0 Å². The van der Waals surface area contributed by atoms with Gasteiger partial charge in [-0.3, -0.25) is 28.3 Å². The van der Waals surface area contributed by atoms with Crippen LogP contribution in [0, 0.1) is 13.8 Å². The second kappa shape index (κ2) is 10.3. The van der Waals surface area contributed by atoms with Crippen LogP contribution in [0.3, 0.4) is 0 Å². The SMILES string of the molecule is Cc1ccc(N2C(=O)c3ccc4c5ccc6c7c(ccc(c8ccc(c3c48)C2=O)c75)C(=O)N(c2ccc(C)c(S(=O)(=O)O)c2)C6=O)c(S(=O)(=O)O)c1. The van der Waals surface area contributed by atoms with Crippen molar-refractivity contribution in [1.29, 1.82) is 0 Å². The van der Waals surface area contributed by atoms with Crippen LogP contribution in [0.2, 0.25) is 0 Å². The predicted molar refractivity (Wildman–Crippen MR) is 192 cm³/mol. The molecular weight excluding hydrogens is 709 g/mol. The van der Waals surface area contributed by atoms with Crippen molar-refractivity contribution in [3.05, 3.63) is 118 Å². The first kappa shape index (κ1) is 31.9. The molecule has 12 nitrogen and oxygen atoms in total. The van der Waals surface area contributed by atoms with Gasteiger partial charge in [0, 0.05) is 33.0 Å². The number of hydrogen-bond donors (Lipinski definition) is 2. The Labute approximate surface area is 294 Å². The Morgan fingerprint density at radius 2 is 0.885 bits per heavy atom. The molecule has 256 valence electrons. The summed E-state index contributed by atoms with van der Waals surface area (Å²) < 4.78 is 68.5. The summed E-state index contributed by atoms with van der Waals surface area (Å²) in [5, 5.41) is 4.46. The number of carbonyl (C=O) groups excluding carboxylic acids is 4. The topological polar surface area (TPSA) is 184 Å². The van der Waals surface area contributed by atoms with Gasteiger partial charge in [0.05, 0.1) is 16.3 Å². The molecule has 9 rings (SSSR count). The highest BCUT2D eigenvalue weighted by Crippen LogP contribution is 2.47. The molecule has 2 N–H and O–H groups in total. The predicted octanol–water partition coefficient (Wildman–Crippen LogP) is 6.45. The summed E-state index contributed by atoms with van der Waals surface area (Å²) in [6.45, 7) is 3.08. The first-order chi connectivity index (χ1) is 24.6. The summed E-state index contributed by atoms with van der Waals surface area (Å²) in [5.41, 5.74) is 1.05. The number of benzene rings is 7. The fourth-order valence-electron chi connectivity index (χ4n) is 7.74. The maximum atomic E-state index is 14.1. The first-order valence-corrected chi connectivity index (χ1v) is 18.6. The van der Waals surface area contributed by atoms with Crippen molar-refractivity contribution in [3.8, 4) is 0 Å². The van der Waals surface area contributed by atoms with Gasteiger partial charge in [-0.25, -0.2) is 9.80 Å². The van der Waals surface area contributed by atoms with Gasteiger partial charge in [0.15, 0.2) is 0 Å². The molecule has 0 atom stereocenters. The van der Waals surface area contributed by atoms with Crippen LogP contribution in [0.25, 0.3) is 43.1 Å². The number of imide groups is 2. The van der Waals surface area contributed by atoms with E-state index in [4.69, 9.17) is 0 Å². The van der Waals surface area contributed by atoms with E-state index in [1.165, 1.54) is 49.4 Å². The van der Waals surface area contributed by atoms with E-state index < -0.39 is 53.7 Å². The van der Waals surface area contributed by atoms with Crippen molar-refractivity contribution < 1.29 is 45.1 Å². The van der Waals surface area contributed by atoms with E-state index >= 15 is 0 Å². The molecular formula is C38H22N2O10S2. The molecule has 0 aliphatic carbocycles. The van der Waals surface area contributed by atoms with E-state index in [9.17, 15) is 45.1 Å². The van der Waals surface area contributed by atoms with E-state index in [-0.39, 0.29) is 39.2 Å². The molecule has 0 unspecified atom stereocenters. The summed E-state index contributed by atoms with van der Waals surface area (Å²) >= 11 is 0. The maximum Gasteiger partial charge on any atom is 0.296 e. The minimum Gasteiger partial charge on any atom is -0.282 e. The third-order valence-corrected chi connectivity index (χ3v) is 11.9. The van der Waals surface area contributed by atoms with Crippen LogP contribution in [0.4, 0.5) is 11.4 Å². The van der Waals surface area contributed by atoms with Crippen LogP contribution in [-0.4, -0.2) is 49.6 Å². The summed E-state index contributed by atoms with van der Waals surface area (Å²) in [4.78, 5) is 56.9. The number of rotatable bonds is 4. The lowest BCUT2D eigenvalue weighted by Gasteiger charge is -2.30.